The number of methoxy groups -OCH3 is 1. The molecule has 18 heavy (non-hydrogen) atoms. The normalized spacial score (nSPS) is 13.4. The Morgan fingerprint density at radius 2 is 1.89 bits per heavy atom. The summed E-state index contributed by atoms with van der Waals surface area (Å²) < 4.78 is 11.2. The zero-order valence-corrected chi connectivity index (χ0v) is 12.1. The van der Waals surface area contributed by atoms with Gasteiger partial charge in [0, 0.05) is 19.2 Å². The molecule has 1 aromatic carbocycles. The Hall–Kier alpha value is -1.06. The third kappa shape index (κ3) is 5.52. The summed E-state index contributed by atoms with van der Waals surface area (Å²) in [7, 11) is 1.70. The lowest BCUT2D eigenvalue weighted by atomic mass is 10.1. The quantitative estimate of drug-likeness (QED) is 0.843. The van der Waals surface area contributed by atoms with Gasteiger partial charge in [-0.05, 0) is 39.3 Å². The highest BCUT2D eigenvalue weighted by molar-refractivity contribution is 5.31. The molecule has 102 valence electrons. The van der Waals surface area contributed by atoms with Crippen molar-refractivity contribution >= 4 is 0 Å². The first kappa shape index (κ1) is 15.0. The molecule has 0 radical (unpaired) electrons. The third-order valence-corrected chi connectivity index (χ3v) is 2.60. The fourth-order valence-corrected chi connectivity index (χ4v) is 1.61. The number of ether oxygens (including phenoxy) is 2. The summed E-state index contributed by atoms with van der Waals surface area (Å²) in [6.45, 7) is 9.83. The Morgan fingerprint density at radius 1 is 1.22 bits per heavy atom. The van der Waals surface area contributed by atoms with Crippen molar-refractivity contribution < 1.29 is 9.47 Å². The van der Waals surface area contributed by atoms with Gasteiger partial charge in [-0.25, -0.2) is 0 Å². The standard InChI is InChI=1S/C15H25NO2/c1-12-8-6-7-9-14(12)18-13(11-17-5)10-16-15(2,3)4/h6-9,13,16H,10-11H2,1-5H3. The summed E-state index contributed by atoms with van der Waals surface area (Å²) >= 11 is 0. The smallest absolute Gasteiger partial charge is 0.134 e. The molecule has 0 saturated heterocycles. The van der Waals surface area contributed by atoms with Crippen LogP contribution in [0, 0.1) is 6.92 Å². The molecule has 0 aliphatic carbocycles. The van der Waals surface area contributed by atoms with Crippen molar-refractivity contribution in [2.75, 3.05) is 20.3 Å². The first-order valence-corrected chi connectivity index (χ1v) is 6.38. The van der Waals surface area contributed by atoms with E-state index in [9.17, 15) is 0 Å². The summed E-state index contributed by atoms with van der Waals surface area (Å²) in [5, 5.41) is 3.44. The van der Waals surface area contributed by atoms with E-state index in [4.69, 9.17) is 9.47 Å². The van der Waals surface area contributed by atoms with Gasteiger partial charge in [-0.1, -0.05) is 18.2 Å². The van der Waals surface area contributed by atoms with Gasteiger partial charge in [0.2, 0.25) is 0 Å². The van der Waals surface area contributed by atoms with Crippen molar-refractivity contribution in [3.05, 3.63) is 29.8 Å². The highest BCUT2D eigenvalue weighted by atomic mass is 16.5. The molecule has 0 aromatic heterocycles. The fraction of sp³-hybridized carbons (Fsp3) is 0.600. The molecular weight excluding hydrogens is 226 g/mol. The fourth-order valence-electron chi connectivity index (χ4n) is 1.61. The van der Waals surface area contributed by atoms with Crippen LogP contribution in [0.5, 0.6) is 5.75 Å². The van der Waals surface area contributed by atoms with E-state index in [2.05, 4.69) is 39.1 Å². The molecule has 1 atom stereocenters. The van der Waals surface area contributed by atoms with Gasteiger partial charge in [-0.2, -0.15) is 0 Å². The molecule has 3 nitrogen and oxygen atoms in total. The topological polar surface area (TPSA) is 30.5 Å². The number of nitrogens with one attached hydrogen (secondary N) is 1. The lowest BCUT2D eigenvalue weighted by Gasteiger charge is -2.26. The Labute approximate surface area is 110 Å². The van der Waals surface area contributed by atoms with Gasteiger partial charge in [-0.15, -0.1) is 0 Å². The van der Waals surface area contributed by atoms with Crippen LogP contribution in [0.2, 0.25) is 0 Å². The number of para-hydroxylation sites is 1. The van der Waals surface area contributed by atoms with Crippen LogP contribution in [0.15, 0.2) is 24.3 Å². The summed E-state index contributed by atoms with van der Waals surface area (Å²) in [4.78, 5) is 0. The SMILES string of the molecule is COCC(CNC(C)(C)C)Oc1ccccc1C. The van der Waals surface area contributed by atoms with Crippen molar-refractivity contribution in [3.63, 3.8) is 0 Å². The molecule has 1 unspecified atom stereocenters. The predicted molar refractivity (Wildman–Crippen MR) is 75.2 cm³/mol. The average Bonchev–Trinajstić information content (AvgIpc) is 2.28. The summed E-state index contributed by atoms with van der Waals surface area (Å²) in [5.74, 6) is 0.926. The molecule has 0 aliphatic heterocycles. The molecule has 0 saturated carbocycles. The molecule has 0 aliphatic rings. The summed E-state index contributed by atoms with van der Waals surface area (Å²) in [6, 6.07) is 8.05. The van der Waals surface area contributed by atoms with Crippen LogP contribution in [0.3, 0.4) is 0 Å². The van der Waals surface area contributed by atoms with Gasteiger partial charge in [0.1, 0.15) is 11.9 Å². The summed E-state index contributed by atoms with van der Waals surface area (Å²) in [5.41, 5.74) is 1.23. The maximum atomic E-state index is 5.99. The van der Waals surface area contributed by atoms with Crippen molar-refractivity contribution in [3.8, 4) is 5.75 Å². The van der Waals surface area contributed by atoms with E-state index >= 15 is 0 Å². The van der Waals surface area contributed by atoms with E-state index < -0.39 is 0 Å². The number of hydrogen-bond donors (Lipinski definition) is 1. The Kier molecular flexibility index (Phi) is 5.63. The largest absolute Gasteiger partial charge is 0.486 e. The molecule has 3 heteroatoms. The van der Waals surface area contributed by atoms with Crippen LogP contribution in [-0.2, 0) is 4.74 Å². The zero-order chi connectivity index (χ0) is 13.6. The maximum Gasteiger partial charge on any atom is 0.134 e. The monoisotopic (exact) mass is 251 g/mol. The molecular formula is C15H25NO2. The second-order valence-corrected chi connectivity index (χ2v) is 5.59. The number of aryl methyl sites for hydroxylation is 1. The molecule has 0 heterocycles. The first-order chi connectivity index (χ1) is 8.42. The van der Waals surface area contributed by atoms with E-state index in [1.165, 1.54) is 0 Å². The zero-order valence-electron chi connectivity index (χ0n) is 12.1. The molecule has 0 amide bonds. The van der Waals surface area contributed by atoms with Crippen LogP contribution in [0.4, 0.5) is 0 Å². The Balaban J connectivity index is 2.60. The Bertz CT molecular complexity index is 358. The molecule has 0 spiro atoms. The first-order valence-electron chi connectivity index (χ1n) is 6.38. The molecule has 0 bridgehead atoms. The maximum absolute atomic E-state index is 5.99. The van der Waals surface area contributed by atoms with Crippen LogP contribution >= 0.6 is 0 Å². The van der Waals surface area contributed by atoms with Crippen molar-refractivity contribution in [2.24, 2.45) is 0 Å². The van der Waals surface area contributed by atoms with E-state index in [1.54, 1.807) is 7.11 Å². The van der Waals surface area contributed by atoms with E-state index in [0.717, 1.165) is 17.9 Å². The molecule has 1 rings (SSSR count). The van der Waals surface area contributed by atoms with Crippen molar-refractivity contribution in [2.45, 2.75) is 39.3 Å². The van der Waals surface area contributed by atoms with Gasteiger partial charge in [0.15, 0.2) is 0 Å². The van der Waals surface area contributed by atoms with Crippen LogP contribution in [-0.4, -0.2) is 31.9 Å². The van der Waals surface area contributed by atoms with Gasteiger partial charge in [0.05, 0.1) is 6.61 Å². The Morgan fingerprint density at radius 3 is 2.44 bits per heavy atom. The minimum atomic E-state index is 0.0234. The van der Waals surface area contributed by atoms with Crippen molar-refractivity contribution in [1.29, 1.82) is 0 Å². The van der Waals surface area contributed by atoms with Crippen molar-refractivity contribution in [1.82, 2.24) is 5.32 Å². The number of hydrogen-bond acceptors (Lipinski definition) is 3. The van der Waals surface area contributed by atoms with Crippen LogP contribution in [0.1, 0.15) is 26.3 Å². The summed E-state index contributed by atoms with van der Waals surface area (Å²) in [6.07, 6.45) is 0.0234. The highest BCUT2D eigenvalue weighted by Crippen LogP contribution is 2.18. The van der Waals surface area contributed by atoms with Gasteiger partial charge >= 0.3 is 0 Å². The minimum absolute atomic E-state index is 0.0234. The van der Waals surface area contributed by atoms with Crippen LogP contribution < -0.4 is 10.1 Å². The highest BCUT2D eigenvalue weighted by Gasteiger charge is 2.16. The molecule has 1 aromatic rings. The van der Waals surface area contributed by atoms with E-state index in [0.29, 0.717) is 6.61 Å². The average molecular weight is 251 g/mol. The minimum Gasteiger partial charge on any atom is -0.486 e. The number of rotatable bonds is 6. The third-order valence-electron chi connectivity index (χ3n) is 2.60. The second-order valence-electron chi connectivity index (χ2n) is 5.59. The number of benzene rings is 1. The predicted octanol–water partition coefficient (Wildman–Crippen LogP) is 2.78. The lowest BCUT2D eigenvalue weighted by molar-refractivity contribution is 0.0760. The van der Waals surface area contributed by atoms with E-state index in [-0.39, 0.29) is 11.6 Å². The molecule has 0 fully saturated rings. The van der Waals surface area contributed by atoms with Gasteiger partial charge in [-0.3, -0.25) is 0 Å². The van der Waals surface area contributed by atoms with Gasteiger partial charge in [0.25, 0.3) is 0 Å². The van der Waals surface area contributed by atoms with E-state index in [1.807, 2.05) is 18.2 Å². The van der Waals surface area contributed by atoms with Gasteiger partial charge < -0.3 is 14.8 Å². The molecule has 1 N–H and O–H groups in total. The second kappa shape index (κ2) is 6.76. The lowest BCUT2D eigenvalue weighted by Crippen LogP contribution is -2.44. The van der Waals surface area contributed by atoms with Crippen LogP contribution in [0.25, 0.3) is 0 Å².